The molecule has 0 aromatic heterocycles. The van der Waals surface area contributed by atoms with Gasteiger partial charge in [0, 0.05) is 24.1 Å². The number of para-hydroxylation sites is 1. The lowest BCUT2D eigenvalue weighted by Gasteiger charge is -2.14. The number of aliphatic carboxylic acids is 2. The Morgan fingerprint density at radius 1 is 1.09 bits per heavy atom. The molecule has 1 unspecified atom stereocenters. The number of hydrogen-bond donors (Lipinski definition) is 4. The number of carbonyl (C=O) groups is 4. The van der Waals surface area contributed by atoms with E-state index in [2.05, 4.69) is 5.32 Å². The van der Waals surface area contributed by atoms with E-state index in [1.54, 1.807) is 12.1 Å². The zero-order valence-corrected chi connectivity index (χ0v) is 11.6. The maximum Gasteiger partial charge on any atom is 0.326 e. The van der Waals surface area contributed by atoms with Crippen LogP contribution in [0.5, 0.6) is 0 Å². The van der Waals surface area contributed by atoms with Crippen LogP contribution in [0.4, 0.5) is 5.69 Å². The Bertz CT molecular complexity index is 599. The van der Waals surface area contributed by atoms with Gasteiger partial charge in [0.05, 0.1) is 6.42 Å². The van der Waals surface area contributed by atoms with Gasteiger partial charge in [0.1, 0.15) is 6.04 Å². The number of benzene rings is 1. The Morgan fingerprint density at radius 2 is 1.73 bits per heavy atom. The van der Waals surface area contributed by atoms with Crippen molar-refractivity contribution in [1.29, 1.82) is 0 Å². The van der Waals surface area contributed by atoms with E-state index >= 15 is 0 Å². The fourth-order valence-corrected chi connectivity index (χ4v) is 1.73. The van der Waals surface area contributed by atoms with Crippen LogP contribution in [0.3, 0.4) is 0 Å². The fourth-order valence-electron chi connectivity index (χ4n) is 1.73. The largest absolute Gasteiger partial charge is 0.481 e. The van der Waals surface area contributed by atoms with E-state index in [-0.39, 0.29) is 17.7 Å². The van der Waals surface area contributed by atoms with E-state index < -0.39 is 42.5 Å². The number of nitrogens with one attached hydrogen (secondary N) is 1. The van der Waals surface area contributed by atoms with Crippen molar-refractivity contribution in [2.24, 2.45) is 0 Å². The third kappa shape index (κ3) is 5.23. The fraction of sp³-hybridized carbons (Fsp3) is 0.286. The van der Waals surface area contributed by atoms with Crippen LogP contribution < -0.4 is 11.1 Å². The minimum absolute atomic E-state index is 0.175. The SMILES string of the molecule is Nc1ccccc1C(=O)CC(NC(=O)CCC(=O)O)C(=O)O. The summed E-state index contributed by atoms with van der Waals surface area (Å²) >= 11 is 0. The Kier molecular flexibility index (Phi) is 6.06. The summed E-state index contributed by atoms with van der Waals surface area (Å²) in [6, 6.07) is 4.75. The molecule has 1 aromatic carbocycles. The second-order valence-electron chi connectivity index (χ2n) is 4.57. The van der Waals surface area contributed by atoms with Gasteiger partial charge in [-0.15, -0.1) is 0 Å². The van der Waals surface area contributed by atoms with Crippen molar-refractivity contribution >= 4 is 29.3 Å². The molecule has 0 aliphatic rings. The molecule has 0 aliphatic heterocycles. The molecule has 118 valence electrons. The number of nitrogens with two attached hydrogens (primary N) is 1. The average molecular weight is 308 g/mol. The Morgan fingerprint density at radius 3 is 2.27 bits per heavy atom. The first-order valence-corrected chi connectivity index (χ1v) is 6.43. The highest BCUT2D eigenvalue weighted by molar-refractivity contribution is 6.03. The second-order valence-corrected chi connectivity index (χ2v) is 4.57. The Balaban J connectivity index is 2.70. The summed E-state index contributed by atoms with van der Waals surface area (Å²) in [5.74, 6) is -3.82. The number of carboxylic acids is 2. The molecule has 0 aliphatic carbocycles. The number of nitrogen functional groups attached to an aromatic ring is 1. The Labute approximate surface area is 125 Å². The predicted molar refractivity (Wildman–Crippen MR) is 76.2 cm³/mol. The topological polar surface area (TPSA) is 147 Å². The van der Waals surface area contributed by atoms with Crippen LogP contribution in [0.25, 0.3) is 0 Å². The molecule has 8 heteroatoms. The van der Waals surface area contributed by atoms with E-state index in [0.717, 1.165) is 0 Å². The number of carboxylic acid groups (broad SMARTS) is 2. The summed E-state index contributed by atoms with van der Waals surface area (Å²) in [6.07, 6.45) is -1.25. The third-order valence-corrected chi connectivity index (χ3v) is 2.85. The van der Waals surface area contributed by atoms with Gasteiger partial charge in [0.2, 0.25) is 5.91 Å². The van der Waals surface area contributed by atoms with Crippen LogP contribution >= 0.6 is 0 Å². The van der Waals surface area contributed by atoms with Gasteiger partial charge in [-0.1, -0.05) is 12.1 Å². The molecule has 0 radical (unpaired) electrons. The van der Waals surface area contributed by atoms with Crippen molar-refractivity contribution in [1.82, 2.24) is 5.32 Å². The number of ketones is 1. The minimum atomic E-state index is -1.44. The molecular formula is C14H16N2O6. The number of Topliss-reactive ketones (excluding diaryl/α,β-unsaturated/α-hetero) is 1. The van der Waals surface area contributed by atoms with Gasteiger partial charge in [-0.2, -0.15) is 0 Å². The third-order valence-electron chi connectivity index (χ3n) is 2.85. The molecule has 0 saturated heterocycles. The molecule has 1 rings (SSSR count). The molecule has 8 nitrogen and oxygen atoms in total. The maximum absolute atomic E-state index is 12.0. The summed E-state index contributed by atoms with van der Waals surface area (Å²) < 4.78 is 0. The summed E-state index contributed by atoms with van der Waals surface area (Å²) in [6.45, 7) is 0. The summed E-state index contributed by atoms with van der Waals surface area (Å²) in [5.41, 5.74) is 6.03. The lowest BCUT2D eigenvalue weighted by molar-refractivity contribution is -0.142. The van der Waals surface area contributed by atoms with Gasteiger partial charge in [-0.05, 0) is 12.1 Å². The van der Waals surface area contributed by atoms with Crippen LogP contribution in [0.1, 0.15) is 29.6 Å². The molecular weight excluding hydrogens is 292 g/mol. The van der Waals surface area contributed by atoms with Gasteiger partial charge in [-0.3, -0.25) is 14.4 Å². The van der Waals surface area contributed by atoms with Crippen molar-refractivity contribution in [2.45, 2.75) is 25.3 Å². The summed E-state index contributed by atoms with van der Waals surface area (Å²) in [4.78, 5) is 45.0. The quantitative estimate of drug-likeness (QED) is 0.398. The van der Waals surface area contributed by atoms with Crippen molar-refractivity contribution in [3.63, 3.8) is 0 Å². The minimum Gasteiger partial charge on any atom is -0.481 e. The van der Waals surface area contributed by atoms with E-state index in [1.165, 1.54) is 12.1 Å². The van der Waals surface area contributed by atoms with Gasteiger partial charge in [0.15, 0.2) is 5.78 Å². The van der Waals surface area contributed by atoms with Gasteiger partial charge in [0.25, 0.3) is 0 Å². The van der Waals surface area contributed by atoms with Crippen molar-refractivity contribution in [3.05, 3.63) is 29.8 Å². The number of anilines is 1. The van der Waals surface area contributed by atoms with Crippen LogP contribution in [0.15, 0.2) is 24.3 Å². The Hall–Kier alpha value is -2.90. The molecule has 1 aromatic rings. The highest BCUT2D eigenvalue weighted by Gasteiger charge is 2.24. The number of amides is 1. The maximum atomic E-state index is 12.0. The van der Waals surface area contributed by atoms with Gasteiger partial charge in [-0.25, -0.2) is 4.79 Å². The highest BCUT2D eigenvalue weighted by Crippen LogP contribution is 2.14. The monoisotopic (exact) mass is 308 g/mol. The van der Waals surface area contributed by atoms with E-state index in [4.69, 9.17) is 15.9 Å². The molecule has 0 spiro atoms. The number of rotatable bonds is 8. The predicted octanol–water partition coefficient (Wildman–Crippen LogP) is 0.276. The summed E-state index contributed by atoms with van der Waals surface area (Å²) in [7, 11) is 0. The van der Waals surface area contributed by atoms with Crippen LogP contribution in [0.2, 0.25) is 0 Å². The lowest BCUT2D eigenvalue weighted by atomic mass is 10.0. The van der Waals surface area contributed by atoms with E-state index in [0.29, 0.717) is 0 Å². The molecule has 0 heterocycles. The zero-order valence-electron chi connectivity index (χ0n) is 11.6. The van der Waals surface area contributed by atoms with Crippen LogP contribution in [-0.4, -0.2) is 39.9 Å². The standard InChI is InChI=1S/C14H16N2O6/c15-9-4-2-1-3-8(9)11(17)7-10(14(21)22)16-12(18)5-6-13(19)20/h1-4,10H,5-7,15H2,(H,16,18)(H,19,20)(H,21,22). The smallest absolute Gasteiger partial charge is 0.326 e. The molecule has 5 N–H and O–H groups in total. The van der Waals surface area contributed by atoms with Crippen molar-refractivity contribution < 1.29 is 29.4 Å². The first-order valence-electron chi connectivity index (χ1n) is 6.43. The molecule has 1 atom stereocenters. The van der Waals surface area contributed by atoms with Gasteiger partial charge < -0.3 is 21.3 Å². The normalized spacial score (nSPS) is 11.5. The summed E-state index contributed by atoms with van der Waals surface area (Å²) in [5, 5.41) is 19.6. The lowest BCUT2D eigenvalue weighted by Crippen LogP contribution is -2.42. The number of carbonyl (C=O) groups excluding carboxylic acids is 2. The van der Waals surface area contributed by atoms with E-state index in [1.807, 2.05) is 0 Å². The van der Waals surface area contributed by atoms with Crippen molar-refractivity contribution in [3.8, 4) is 0 Å². The van der Waals surface area contributed by atoms with Crippen LogP contribution in [0, 0.1) is 0 Å². The van der Waals surface area contributed by atoms with Gasteiger partial charge >= 0.3 is 11.9 Å². The average Bonchev–Trinajstić information content (AvgIpc) is 2.44. The first-order chi connectivity index (χ1) is 10.3. The molecule has 0 bridgehead atoms. The molecule has 1 amide bonds. The van der Waals surface area contributed by atoms with E-state index in [9.17, 15) is 19.2 Å². The highest BCUT2D eigenvalue weighted by atomic mass is 16.4. The molecule has 22 heavy (non-hydrogen) atoms. The van der Waals surface area contributed by atoms with Crippen LogP contribution in [-0.2, 0) is 14.4 Å². The number of hydrogen-bond acceptors (Lipinski definition) is 5. The first kappa shape index (κ1) is 17.2. The second kappa shape index (κ2) is 7.77. The zero-order chi connectivity index (χ0) is 16.7. The van der Waals surface area contributed by atoms with Crippen molar-refractivity contribution in [2.75, 3.05) is 5.73 Å². The molecule has 0 fully saturated rings. The molecule has 0 saturated carbocycles.